The molecule has 0 bridgehead atoms. The summed E-state index contributed by atoms with van der Waals surface area (Å²) in [6.07, 6.45) is -1.07. The normalized spacial score (nSPS) is 12.5. The van der Waals surface area contributed by atoms with E-state index in [0.29, 0.717) is 11.1 Å². The van der Waals surface area contributed by atoms with Gasteiger partial charge in [0.15, 0.2) is 0 Å². The average molecular weight is 489 g/mol. The van der Waals surface area contributed by atoms with Crippen LogP contribution in [0.2, 0.25) is 0 Å². The Hall–Kier alpha value is -3.24. The van der Waals surface area contributed by atoms with Gasteiger partial charge in [-0.05, 0) is 45.7 Å². The molecule has 1 unspecified atom stereocenters. The number of aliphatic hydroxyl groups excluding tert-OH is 1. The standard InChI is InChI=1S/C24H28N2O7S/c1-6-32-22(30)19-14(2)18-20(29)25(13-17(28)33-24(3,4)5)23(31)26(21(18)34-19)12-16(27)15-10-8-7-9-11-15/h7-11,16,27H,6,12-13H2,1-5H3. The molecule has 9 nitrogen and oxygen atoms in total. The molecule has 2 aromatic heterocycles. The van der Waals surface area contributed by atoms with E-state index in [-0.39, 0.29) is 28.2 Å². The largest absolute Gasteiger partial charge is 0.462 e. The Labute approximate surface area is 200 Å². The van der Waals surface area contributed by atoms with Crippen molar-refractivity contribution in [2.24, 2.45) is 0 Å². The van der Waals surface area contributed by atoms with Crippen LogP contribution in [0.25, 0.3) is 10.2 Å². The van der Waals surface area contributed by atoms with Crippen LogP contribution in [0.15, 0.2) is 39.9 Å². The number of nitrogens with zero attached hydrogens (tertiary/aromatic N) is 2. The fourth-order valence-corrected chi connectivity index (χ4v) is 4.74. The number of fused-ring (bicyclic) bond motifs is 1. The van der Waals surface area contributed by atoms with Crippen LogP contribution in [0.4, 0.5) is 0 Å². The van der Waals surface area contributed by atoms with Crippen LogP contribution in [0.3, 0.4) is 0 Å². The molecular weight excluding hydrogens is 460 g/mol. The minimum Gasteiger partial charge on any atom is -0.462 e. The van der Waals surface area contributed by atoms with Crippen LogP contribution >= 0.6 is 11.3 Å². The lowest BCUT2D eigenvalue weighted by molar-refractivity contribution is -0.155. The monoisotopic (exact) mass is 488 g/mol. The van der Waals surface area contributed by atoms with Gasteiger partial charge in [-0.2, -0.15) is 0 Å². The van der Waals surface area contributed by atoms with E-state index >= 15 is 0 Å². The lowest BCUT2D eigenvalue weighted by Gasteiger charge is -2.20. The molecule has 0 amide bonds. The molecule has 0 saturated heterocycles. The predicted molar refractivity (Wildman–Crippen MR) is 128 cm³/mol. The van der Waals surface area contributed by atoms with Gasteiger partial charge in [0.1, 0.15) is 21.9 Å². The van der Waals surface area contributed by atoms with Crippen molar-refractivity contribution >= 4 is 33.5 Å². The zero-order valence-corrected chi connectivity index (χ0v) is 20.6. The van der Waals surface area contributed by atoms with E-state index in [0.717, 1.165) is 15.9 Å². The number of rotatable bonds is 7. The van der Waals surface area contributed by atoms with Crippen molar-refractivity contribution in [1.82, 2.24) is 9.13 Å². The SMILES string of the molecule is CCOC(=O)c1sc2c(c1C)c(=O)n(CC(=O)OC(C)(C)C)c(=O)n2CC(O)c1ccccc1. The summed E-state index contributed by atoms with van der Waals surface area (Å²) in [5, 5.41) is 10.9. The summed E-state index contributed by atoms with van der Waals surface area (Å²) in [7, 11) is 0. The Morgan fingerprint density at radius 2 is 1.76 bits per heavy atom. The molecule has 3 rings (SSSR count). The molecule has 0 aliphatic carbocycles. The van der Waals surface area contributed by atoms with Crippen LogP contribution in [-0.2, 0) is 27.4 Å². The molecule has 182 valence electrons. The van der Waals surface area contributed by atoms with Crippen LogP contribution in [0.5, 0.6) is 0 Å². The van der Waals surface area contributed by atoms with Crippen molar-refractivity contribution in [2.45, 2.75) is 59.4 Å². The van der Waals surface area contributed by atoms with Gasteiger partial charge in [-0.1, -0.05) is 30.3 Å². The van der Waals surface area contributed by atoms with Crippen LogP contribution < -0.4 is 11.2 Å². The van der Waals surface area contributed by atoms with Gasteiger partial charge in [0.2, 0.25) is 0 Å². The minimum atomic E-state index is -1.07. The summed E-state index contributed by atoms with van der Waals surface area (Å²) >= 11 is 0.949. The van der Waals surface area contributed by atoms with Crippen molar-refractivity contribution in [3.63, 3.8) is 0 Å². The van der Waals surface area contributed by atoms with E-state index in [4.69, 9.17) is 9.47 Å². The number of hydrogen-bond donors (Lipinski definition) is 1. The molecule has 1 N–H and O–H groups in total. The summed E-state index contributed by atoms with van der Waals surface area (Å²) in [6.45, 7) is 7.66. The molecule has 0 spiro atoms. The highest BCUT2D eigenvalue weighted by molar-refractivity contribution is 7.20. The first-order valence-electron chi connectivity index (χ1n) is 10.8. The molecule has 0 fully saturated rings. The number of carbonyl (C=O) groups excluding carboxylic acids is 2. The summed E-state index contributed by atoms with van der Waals surface area (Å²) in [4.78, 5) is 52.0. The maximum Gasteiger partial charge on any atom is 0.348 e. The highest BCUT2D eigenvalue weighted by Gasteiger charge is 2.26. The summed E-state index contributed by atoms with van der Waals surface area (Å²) < 4.78 is 12.4. The second kappa shape index (κ2) is 9.94. The zero-order chi connectivity index (χ0) is 25.2. The van der Waals surface area contributed by atoms with Gasteiger partial charge in [-0.25, -0.2) is 14.2 Å². The maximum atomic E-state index is 13.4. The van der Waals surface area contributed by atoms with Gasteiger partial charge in [-0.3, -0.25) is 14.2 Å². The highest BCUT2D eigenvalue weighted by atomic mass is 32.1. The Morgan fingerprint density at radius 1 is 1.12 bits per heavy atom. The van der Waals surface area contributed by atoms with Crippen molar-refractivity contribution in [2.75, 3.05) is 6.61 Å². The summed E-state index contributed by atoms with van der Waals surface area (Å²) in [5.74, 6) is -1.36. The fraction of sp³-hybridized carbons (Fsp3) is 0.417. The summed E-state index contributed by atoms with van der Waals surface area (Å²) in [5.41, 5.74) is -1.37. The maximum absolute atomic E-state index is 13.4. The Morgan fingerprint density at radius 3 is 2.35 bits per heavy atom. The number of hydrogen-bond acceptors (Lipinski definition) is 8. The average Bonchev–Trinajstić information content (AvgIpc) is 3.11. The van der Waals surface area contributed by atoms with E-state index in [1.165, 1.54) is 4.57 Å². The lowest BCUT2D eigenvalue weighted by Crippen LogP contribution is -2.43. The Bertz CT molecular complexity index is 1330. The first kappa shape index (κ1) is 25.4. The zero-order valence-electron chi connectivity index (χ0n) is 19.8. The summed E-state index contributed by atoms with van der Waals surface area (Å²) in [6, 6.07) is 8.75. The van der Waals surface area contributed by atoms with Crippen LogP contribution in [-0.4, -0.2) is 38.4 Å². The number of ether oxygens (including phenoxy) is 2. The van der Waals surface area contributed by atoms with E-state index in [2.05, 4.69) is 0 Å². The quantitative estimate of drug-likeness (QED) is 0.508. The Kier molecular flexibility index (Phi) is 7.42. The van der Waals surface area contributed by atoms with Crippen molar-refractivity contribution in [1.29, 1.82) is 0 Å². The van der Waals surface area contributed by atoms with E-state index in [1.807, 2.05) is 0 Å². The predicted octanol–water partition coefficient (Wildman–Crippen LogP) is 2.79. The molecular formula is C24H28N2O7S. The van der Waals surface area contributed by atoms with Gasteiger partial charge in [0, 0.05) is 0 Å². The van der Waals surface area contributed by atoms with Crippen molar-refractivity contribution in [3.8, 4) is 0 Å². The number of aromatic nitrogens is 2. The molecule has 3 aromatic rings. The number of esters is 2. The molecule has 10 heteroatoms. The first-order chi connectivity index (χ1) is 15.9. The van der Waals surface area contributed by atoms with Gasteiger partial charge >= 0.3 is 17.6 Å². The number of carbonyl (C=O) groups is 2. The third-order valence-corrected chi connectivity index (χ3v) is 6.30. The van der Waals surface area contributed by atoms with Crippen molar-refractivity contribution in [3.05, 3.63) is 67.2 Å². The minimum absolute atomic E-state index is 0.122. The molecule has 1 atom stereocenters. The number of aryl methyl sites for hydroxylation is 1. The van der Waals surface area contributed by atoms with E-state index in [9.17, 15) is 24.3 Å². The fourth-order valence-electron chi connectivity index (χ4n) is 3.54. The molecule has 0 aliphatic rings. The molecule has 34 heavy (non-hydrogen) atoms. The topological polar surface area (TPSA) is 117 Å². The van der Waals surface area contributed by atoms with Gasteiger partial charge in [-0.15, -0.1) is 11.3 Å². The van der Waals surface area contributed by atoms with Gasteiger partial charge < -0.3 is 14.6 Å². The Balaban J connectivity index is 2.21. The molecule has 0 radical (unpaired) electrons. The van der Waals surface area contributed by atoms with Gasteiger partial charge in [0.05, 0.1) is 24.6 Å². The first-order valence-corrected chi connectivity index (χ1v) is 11.6. The van der Waals surface area contributed by atoms with Crippen LogP contribution in [0, 0.1) is 6.92 Å². The second-order valence-electron chi connectivity index (χ2n) is 8.75. The highest BCUT2D eigenvalue weighted by Crippen LogP contribution is 2.29. The third kappa shape index (κ3) is 5.28. The van der Waals surface area contributed by atoms with Crippen LogP contribution in [0.1, 0.15) is 54.6 Å². The molecule has 2 heterocycles. The lowest BCUT2D eigenvalue weighted by atomic mass is 10.1. The third-order valence-electron chi connectivity index (χ3n) is 5.00. The van der Waals surface area contributed by atoms with Gasteiger partial charge in [0.25, 0.3) is 5.56 Å². The smallest absolute Gasteiger partial charge is 0.348 e. The second-order valence-corrected chi connectivity index (χ2v) is 9.75. The van der Waals surface area contributed by atoms with Crippen molar-refractivity contribution < 1.29 is 24.2 Å². The number of thiophene rings is 1. The number of benzene rings is 1. The molecule has 0 aliphatic heterocycles. The number of aliphatic hydroxyl groups is 1. The van der Waals surface area contributed by atoms with E-state index < -0.39 is 41.4 Å². The van der Waals surface area contributed by atoms with E-state index in [1.54, 1.807) is 65.0 Å². The molecule has 1 aromatic carbocycles. The molecule has 0 saturated carbocycles.